The number of rotatable bonds is 10. The highest BCUT2D eigenvalue weighted by molar-refractivity contribution is 6.04. The summed E-state index contributed by atoms with van der Waals surface area (Å²) in [5.74, 6) is 0.650. The number of carbonyl (C=O) groups excluding carboxylic acids is 2. The first-order valence-corrected chi connectivity index (χ1v) is 14.1. The van der Waals surface area contributed by atoms with Crippen molar-refractivity contribution in [3.63, 3.8) is 0 Å². The average molecular weight is 566 g/mol. The van der Waals surface area contributed by atoms with Crippen LogP contribution in [0, 0.1) is 0 Å². The SMILES string of the molecule is NCCCCCC(=O)CCc1cccc(NC(=O)N2c3nc(-c4cccc(C(F)(F)F)c4)ccc3N3CC[C@H]2C3)c1. The monoisotopic (exact) mass is 565 g/mol. The number of aromatic nitrogens is 1. The van der Waals surface area contributed by atoms with Gasteiger partial charge in [-0.1, -0.05) is 30.7 Å². The van der Waals surface area contributed by atoms with Gasteiger partial charge in [0.25, 0.3) is 0 Å². The number of carbonyl (C=O) groups is 2. The van der Waals surface area contributed by atoms with Gasteiger partial charge in [-0.3, -0.25) is 9.69 Å². The summed E-state index contributed by atoms with van der Waals surface area (Å²) in [4.78, 5) is 34.4. The smallest absolute Gasteiger partial charge is 0.366 e. The third kappa shape index (κ3) is 6.70. The number of hydrogen-bond acceptors (Lipinski definition) is 5. The molecule has 1 atom stereocenters. The molecular weight excluding hydrogens is 531 g/mol. The molecular formula is C31H34F3N5O2. The summed E-state index contributed by atoms with van der Waals surface area (Å²) in [6.45, 7) is 2.07. The van der Waals surface area contributed by atoms with Gasteiger partial charge in [-0.2, -0.15) is 13.2 Å². The molecule has 2 aliphatic heterocycles. The lowest BCUT2D eigenvalue weighted by molar-refractivity contribution is -0.137. The van der Waals surface area contributed by atoms with E-state index in [1.807, 2.05) is 24.3 Å². The van der Waals surface area contributed by atoms with Crippen LogP contribution < -0.4 is 20.9 Å². The number of pyridine rings is 1. The molecule has 1 aromatic heterocycles. The topological polar surface area (TPSA) is 91.6 Å². The maximum atomic E-state index is 13.6. The highest BCUT2D eigenvalue weighted by Crippen LogP contribution is 2.41. The van der Waals surface area contributed by atoms with Crippen molar-refractivity contribution in [3.8, 4) is 11.3 Å². The van der Waals surface area contributed by atoms with E-state index in [9.17, 15) is 22.8 Å². The Morgan fingerprint density at radius 3 is 2.63 bits per heavy atom. The normalized spacial score (nSPS) is 16.0. The molecule has 2 aromatic carbocycles. The van der Waals surface area contributed by atoms with Crippen LogP contribution in [0.2, 0.25) is 0 Å². The molecule has 10 heteroatoms. The number of nitrogens with zero attached hydrogens (tertiary/aromatic N) is 3. The third-order valence-electron chi connectivity index (χ3n) is 7.69. The molecule has 216 valence electrons. The van der Waals surface area contributed by atoms with Crippen LogP contribution in [0.15, 0.2) is 60.7 Å². The van der Waals surface area contributed by atoms with Crippen LogP contribution in [0.1, 0.15) is 49.7 Å². The van der Waals surface area contributed by atoms with Gasteiger partial charge in [0.2, 0.25) is 0 Å². The van der Waals surface area contributed by atoms with Crippen molar-refractivity contribution in [2.75, 3.05) is 34.8 Å². The van der Waals surface area contributed by atoms with E-state index in [1.165, 1.54) is 6.07 Å². The Labute approximate surface area is 237 Å². The number of ketones is 1. The Kier molecular flexibility index (Phi) is 8.58. The van der Waals surface area contributed by atoms with Crippen LogP contribution >= 0.6 is 0 Å². The Balaban J connectivity index is 1.32. The number of Topliss-reactive ketones (excluding diaryl/α,β-unsaturated/α-hetero) is 1. The first-order chi connectivity index (χ1) is 19.7. The van der Waals surface area contributed by atoms with Crippen LogP contribution in [0.3, 0.4) is 0 Å². The van der Waals surface area contributed by atoms with E-state index in [1.54, 1.807) is 23.1 Å². The average Bonchev–Trinajstić information content (AvgIpc) is 3.38. The van der Waals surface area contributed by atoms with Gasteiger partial charge >= 0.3 is 12.2 Å². The summed E-state index contributed by atoms with van der Waals surface area (Å²) in [5, 5.41) is 2.98. The maximum Gasteiger partial charge on any atom is 0.416 e. The lowest BCUT2D eigenvalue weighted by atomic mass is 10.0. The van der Waals surface area contributed by atoms with Crippen molar-refractivity contribution >= 4 is 29.0 Å². The number of aryl methyl sites for hydroxylation is 1. The highest BCUT2D eigenvalue weighted by Gasteiger charge is 2.40. The van der Waals surface area contributed by atoms with Gasteiger partial charge in [0, 0.05) is 37.2 Å². The van der Waals surface area contributed by atoms with Crippen molar-refractivity contribution in [2.24, 2.45) is 5.73 Å². The minimum Gasteiger partial charge on any atom is -0.366 e. The molecule has 0 spiro atoms. The summed E-state index contributed by atoms with van der Waals surface area (Å²) < 4.78 is 40.0. The maximum absolute atomic E-state index is 13.6. The second kappa shape index (κ2) is 12.3. The minimum atomic E-state index is -4.47. The van der Waals surface area contributed by atoms with Crippen molar-refractivity contribution in [1.29, 1.82) is 0 Å². The zero-order chi connectivity index (χ0) is 29.0. The molecule has 0 radical (unpaired) electrons. The number of fused-ring (bicyclic) bond motifs is 4. The summed E-state index contributed by atoms with van der Waals surface area (Å²) in [5.41, 5.74) is 7.80. The Bertz CT molecular complexity index is 1410. The predicted octanol–water partition coefficient (Wildman–Crippen LogP) is 6.42. The fourth-order valence-corrected chi connectivity index (χ4v) is 5.53. The van der Waals surface area contributed by atoms with E-state index in [4.69, 9.17) is 10.7 Å². The van der Waals surface area contributed by atoms with Crippen LogP contribution in [0.25, 0.3) is 11.3 Å². The molecule has 41 heavy (non-hydrogen) atoms. The Morgan fingerprint density at radius 1 is 1.00 bits per heavy atom. The van der Waals surface area contributed by atoms with Crippen molar-refractivity contribution in [1.82, 2.24) is 4.98 Å². The third-order valence-corrected chi connectivity index (χ3v) is 7.69. The number of alkyl halides is 3. The molecule has 1 fully saturated rings. The predicted molar refractivity (Wildman–Crippen MR) is 154 cm³/mol. The van der Waals surface area contributed by atoms with E-state index < -0.39 is 11.7 Å². The van der Waals surface area contributed by atoms with Crippen LogP contribution in [-0.2, 0) is 17.4 Å². The van der Waals surface area contributed by atoms with Gasteiger partial charge in [-0.05, 0) is 74.2 Å². The Morgan fingerprint density at radius 2 is 1.83 bits per heavy atom. The molecule has 1 saturated heterocycles. The molecule has 5 rings (SSSR count). The van der Waals surface area contributed by atoms with Crippen LogP contribution in [-0.4, -0.2) is 42.5 Å². The number of halogens is 3. The summed E-state index contributed by atoms with van der Waals surface area (Å²) in [6.07, 6.45) is 0.620. The number of unbranched alkanes of at least 4 members (excludes halogenated alkanes) is 2. The van der Waals surface area contributed by atoms with E-state index >= 15 is 0 Å². The zero-order valence-corrected chi connectivity index (χ0v) is 22.8. The van der Waals surface area contributed by atoms with E-state index in [2.05, 4.69) is 10.2 Å². The quantitative estimate of drug-likeness (QED) is 0.277. The molecule has 3 aromatic rings. The van der Waals surface area contributed by atoms with Gasteiger partial charge in [0.15, 0.2) is 5.82 Å². The number of benzene rings is 2. The molecule has 7 nitrogen and oxygen atoms in total. The minimum absolute atomic E-state index is 0.105. The number of nitrogens with one attached hydrogen (secondary N) is 1. The van der Waals surface area contributed by atoms with Gasteiger partial charge in [0.05, 0.1) is 23.0 Å². The second-order valence-corrected chi connectivity index (χ2v) is 10.6. The first-order valence-electron chi connectivity index (χ1n) is 14.1. The first kappa shape index (κ1) is 28.6. The molecule has 0 unspecified atom stereocenters. The van der Waals surface area contributed by atoms with Gasteiger partial charge in [0.1, 0.15) is 5.78 Å². The van der Waals surface area contributed by atoms with E-state index in [0.717, 1.165) is 55.6 Å². The van der Waals surface area contributed by atoms with Crippen molar-refractivity contribution in [3.05, 3.63) is 71.8 Å². The zero-order valence-electron chi connectivity index (χ0n) is 22.8. The molecule has 2 aliphatic rings. The molecule has 0 aliphatic carbocycles. The Hall–Kier alpha value is -3.92. The van der Waals surface area contributed by atoms with Gasteiger partial charge in [-0.15, -0.1) is 0 Å². The summed E-state index contributed by atoms with van der Waals surface area (Å²) >= 11 is 0. The van der Waals surface area contributed by atoms with Crippen LogP contribution in [0.4, 0.5) is 35.2 Å². The van der Waals surface area contributed by atoms with E-state index in [0.29, 0.717) is 55.1 Å². The molecule has 0 saturated carbocycles. The number of anilines is 3. The van der Waals surface area contributed by atoms with Crippen molar-refractivity contribution in [2.45, 2.75) is 57.2 Å². The van der Waals surface area contributed by atoms with E-state index in [-0.39, 0.29) is 17.9 Å². The number of nitrogens with two attached hydrogens (primary N) is 1. The van der Waals surface area contributed by atoms with Crippen molar-refractivity contribution < 1.29 is 22.8 Å². The number of urea groups is 1. The standard InChI is InChI=1S/C31H34F3N5O2/c32-31(33,34)23-8-5-7-22(19-23)27-13-14-28-29(37-27)39(25-15-17-38(28)20-25)30(41)36-24-9-4-6-21(18-24)11-12-26(40)10-2-1-3-16-35/h4-9,13-14,18-19,25H,1-3,10-12,15-17,20,35H2,(H,36,41)/t25-/m0/s1. The van der Waals surface area contributed by atoms with Gasteiger partial charge < -0.3 is 16.0 Å². The summed E-state index contributed by atoms with van der Waals surface area (Å²) in [7, 11) is 0. The van der Waals surface area contributed by atoms with Gasteiger partial charge in [-0.25, -0.2) is 9.78 Å². The largest absolute Gasteiger partial charge is 0.416 e. The number of hydrogen-bond donors (Lipinski definition) is 2. The second-order valence-electron chi connectivity index (χ2n) is 10.6. The highest BCUT2D eigenvalue weighted by atomic mass is 19.4. The lowest BCUT2D eigenvalue weighted by Crippen LogP contribution is -2.48. The molecule has 2 bridgehead atoms. The molecule has 2 amide bonds. The lowest BCUT2D eigenvalue weighted by Gasteiger charge is -2.36. The van der Waals surface area contributed by atoms with Crippen LogP contribution in [0.5, 0.6) is 0 Å². The summed E-state index contributed by atoms with van der Waals surface area (Å²) in [6, 6.07) is 15.6. The number of amides is 2. The molecule has 3 heterocycles. The molecule has 3 N–H and O–H groups in total. The fraction of sp³-hybridized carbons (Fsp3) is 0.387. The fourth-order valence-electron chi connectivity index (χ4n) is 5.53.